The van der Waals surface area contributed by atoms with Gasteiger partial charge in [-0.2, -0.15) is 0 Å². The highest BCUT2D eigenvalue weighted by Gasteiger charge is 2.55. The molecule has 4 rings (SSSR count). The summed E-state index contributed by atoms with van der Waals surface area (Å²) in [5.74, 6) is -0.229. The Kier molecular flexibility index (Phi) is 2.61. The second-order valence-corrected chi connectivity index (χ2v) is 6.26. The van der Waals surface area contributed by atoms with Crippen molar-refractivity contribution in [2.45, 2.75) is 31.7 Å². The van der Waals surface area contributed by atoms with Gasteiger partial charge in [0.2, 0.25) is 11.8 Å². The maximum absolute atomic E-state index is 12.8. The lowest BCUT2D eigenvalue weighted by Gasteiger charge is -2.31. The molecule has 0 bridgehead atoms. The topological polar surface area (TPSA) is 96.0 Å². The van der Waals surface area contributed by atoms with Gasteiger partial charge >= 0.3 is 0 Å². The molecule has 118 valence electrons. The van der Waals surface area contributed by atoms with Crippen LogP contribution in [0.3, 0.4) is 0 Å². The molecular formula is C16H16N4O3. The number of hydrogen-bond acceptors (Lipinski definition) is 3. The lowest BCUT2D eigenvalue weighted by atomic mass is 9.71. The SMILES string of the molecule is CC(C)n1[nH]c(=O)c2c1NC(=O)C[C@@]21C(=O)Nc2ccccc21. The Hall–Kier alpha value is -2.83. The third-order valence-electron chi connectivity index (χ3n) is 4.58. The van der Waals surface area contributed by atoms with E-state index in [1.54, 1.807) is 22.9 Å². The van der Waals surface area contributed by atoms with Crippen LogP contribution in [0.4, 0.5) is 11.5 Å². The van der Waals surface area contributed by atoms with Crippen molar-refractivity contribution in [1.82, 2.24) is 9.78 Å². The van der Waals surface area contributed by atoms with E-state index in [0.29, 0.717) is 22.6 Å². The lowest BCUT2D eigenvalue weighted by molar-refractivity contribution is -0.125. The van der Waals surface area contributed by atoms with E-state index >= 15 is 0 Å². The van der Waals surface area contributed by atoms with Gasteiger partial charge < -0.3 is 10.6 Å². The Morgan fingerprint density at radius 2 is 1.87 bits per heavy atom. The zero-order valence-electron chi connectivity index (χ0n) is 12.8. The summed E-state index contributed by atoms with van der Waals surface area (Å²) in [6, 6.07) is 7.14. The number of nitrogens with one attached hydrogen (secondary N) is 3. The van der Waals surface area contributed by atoms with Crippen LogP contribution in [-0.4, -0.2) is 21.6 Å². The second kappa shape index (κ2) is 4.34. The van der Waals surface area contributed by atoms with Crippen LogP contribution in [-0.2, 0) is 15.0 Å². The molecule has 0 unspecified atom stereocenters. The van der Waals surface area contributed by atoms with Crippen molar-refractivity contribution in [2.24, 2.45) is 0 Å². The number of aromatic nitrogens is 2. The van der Waals surface area contributed by atoms with Gasteiger partial charge in [-0.15, -0.1) is 0 Å². The molecule has 2 aromatic rings. The van der Waals surface area contributed by atoms with Crippen molar-refractivity contribution >= 4 is 23.3 Å². The summed E-state index contributed by atoms with van der Waals surface area (Å²) < 4.78 is 1.60. The number of rotatable bonds is 1. The van der Waals surface area contributed by atoms with E-state index in [9.17, 15) is 14.4 Å². The predicted octanol–water partition coefficient (Wildman–Crippen LogP) is 1.34. The van der Waals surface area contributed by atoms with Gasteiger partial charge in [0.05, 0.1) is 12.0 Å². The van der Waals surface area contributed by atoms with E-state index in [-0.39, 0.29) is 29.8 Å². The lowest BCUT2D eigenvalue weighted by Crippen LogP contribution is -2.46. The van der Waals surface area contributed by atoms with Crippen LogP contribution in [0.2, 0.25) is 0 Å². The van der Waals surface area contributed by atoms with Crippen molar-refractivity contribution in [1.29, 1.82) is 0 Å². The van der Waals surface area contributed by atoms with Crippen molar-refractivity contribution in [3.63, 3.8) is 0 Å². The molecule has 23 heavy (non-hydrogen) atoms. The third-order valence-corrected chi connectivity index (χ3v) is 4.58. The minimum atomic E-state index is -1.26. The first kappa shape index (κ1) is 13.8. The van der Waals surface area contributed by atoms with E-state index in [2.05, 4.69) is 15.7 Å². The maximum atomic E-state index is 12.8. The van der Waals surface area contributed by atoms with Crippen LogP contribution in [0.25, 0.3) is 0 Å². The number of anilines is 2. The molecule has 7 heteroatoms. The number of carbonyl (C=O) groups excluding carboxylic acids is 2. The normalized spacial score (nSPS) is 22.0. The molecule has 0 fully saturated rings. The number of fused-ring (bicyclic) bond motifs is 4. The summed E-state index contributed by atoms with van der Waals surface area (Å²) in [6.45, 7) is 3.79. The van der Waals surface area contributed by atoms with Gasteiger partial charge in [0.25, 0.3) is 5.56 Å². The molecule has 0 aliphatic carbocycles. The molecular weight excluding hydrogens is 296 g/mol. The molecule has 3 N–H and O–H groups in total. The van der Waals surface area contributed by atoms with Crippen LogP contribution in [0.1, 0.15) is 37.4 Å². The number of H-pyrrole nitrogens is 1. The molecule has 2 aliphatic heterocycles. The Morgan fingerprint density at radius 1 is 1.13 bits per heavy atom. The van der Waals surface area contributed by atoms with Crippen LogP contribution in [0, 0.1) is 0 Å². The average Bonchev–Trinajstić information content (AvgIpc) is 2.96. The highest BCUT2D eigenvalue weighted by atomic mass is 16.2. The Bertz CT molecular complexity index is 908. The highest BCUT2D eigenvalue weighted by Crippen LogP contribution is 2.48. The number of carbonyl (C=O) groups is 2. The van der Waals surface area contributed by atoms with Crippen molar-refractivity contribution in [3.05, 3.63) is 45.7 Å². The molecule has 2 amide bonds. The average molecular weight is 312 g/mol. The number of benzene rings is 1. The summed E-state index contributed by atoms with van der Waals surface area (Å²) in [5.41, 5.74) is 0.0267. The molecule has 1 atom stereocenters. The minimum Gasteiger partial charge on any atom is -0.325 e. The number of aromatic amines is 1. The molecule has 1 spiro atoms. The smallest absolute Gasteiger partial charge is 0.270 e. The van der Waals surface area contributed by atoms with Crippen LogP contribution >= 0.6 is 0 Å². The minimum absolute atomic E-state index is 0.0541. The number of amides is 2. The van der Waals surface area contributed by atoms with E-state index in [0.717, 1.165) is 0 Å². The summed E-state index contributed by atoms with van der Waals surface area (Å²) in [7, 11) is 0. The van der Waals surface area contributed by atoms with Gasteiger partial charge in [-0.3, -0.25) is 24.2 Å². The molecule has 0 saturated heterocycles. The van der Waals surface area contributed by atoms with Crippen molar-refractivity contribution in [3.8, 4) is 0 Å². The maximum Gasteiger partial charge on any atom is 0.270 e. The zero-order valence-corrected chi connectivity index (χ0v) is 12.8. The Morgan fingerprint density at radius 3 is 2.61 bits per heavy atom. The number of hydrogen-bond donors (Lipinski definition) is 3. The Labute approximate surface area is 131 Å². The molecule has 0 radical (unpaired) electrons. The van der Waals surface area contributed by atoms with Gasteiger partial charge in [-0.1, -0.05) is 18.2 Å². The van der Waals surface area contributed by atoms with Gasteiger partial charge in [0.15, 0.2) is 0 Å². The van der Waals surface area contributed by atoms with E-state index in [1.807, 2.05) is 19.9 Å². The van der Waals surface area contributed by atoms with Gasteiger partial charge in [-0.05, 0) is 25.5 Å². The predicted molar refractivity (Wildman–Crippen MR) is 84.5 cm³/mol. The fourth-order valence-corrected chi connectivity index (χ4v) is 3.60. The van der Waals surface area contributed by atoms with E-state index < -0.39 is 5.41 Å². The fraction of sp³-hybridized carbons (Fsp3) is 0.312. The first-order chi connectivity index (χ1) is 10.9. The monoisotopic (exact) mass is 312 g/mol. The van der Waals surface area contributed by atoms with Crippen molar-refractivity contribution in [2.75, 3.05) is 10.6 Å². The summed E-state index contributed by atoms with van der Waals surface area (Å²) >= 11 is 0. The third kappa shape index (κ3) is 1.61. The van der Waals surface area contributed by atoms with Crippen LogP contribution < -0.4 is 16.2 Å². The summed E-state index contributed by atoms with van der Waals surface area (Å²) in [4.78, 5) is 37.7. The molecule has 7 nitrogen and oxygen atoms in total. The van der Waals surface area contributed by atoms with E-state index in [4.69, 9.17) is 0 Å². The standard InChI is InChI=1S/C16H16N4O3/c1-8(2)20-13-12(14(22)19-20)16(7-11(21)18-13)9-5-3-4-6-10(9)17-15(16)23/h3-6,8H,7H2,1-2H3,(H,17,23)(H,18,21)(H,19,22)/t16-/m0/s1. The highest BCUT2D eigenvalue weighted by molar-refractivity contribution is 6.14. The largest absolute Gasteiger partial charge is 0.325 e. The number of para-hydroxylation sites is 1. The quantitative estimate of drug-likeness (QED) is 0.741. The molecule has 3 heterocycles. The first-order valence-electron chi connectivity index (χ1n) is 7.51. The molecule has 1 aromatic carbocycles. The zero-order chi connectivity index (χ0) is 16.4. The van der Waals surface area contributed by atoms with Crippen LogP contribution in [0.5, 0.6) is 0 Å². The van der Waals surface area contributed by atoms with Gasteiger partial charge in [0, 0.05) is 11.7 Å². The van der Waals surface area contributed by atoms with E-state index in [1.165, 1.54) is 0 Å². The molecule has 2 aliphatic rings. The number of nitrogens with zero attached hydrogens (tertiary/aromatic N) is 1. The molecule has 0 saturated carbocycles. The summed E-state index contributed by atoms with van der Waals surface area (Å²) in [5, 5.41) is 8.29. The van der Waals surface area contributed by atoms with Crippen LogP contribution in [0.15, 0.2) is 29.1 Å². The molecule has 1 aromatic heterocycles. The summed E-state index contributed by atoms with van der Waals surface area (Å²) in [6.07, 6.45) is -0.0754. The van der Waals surface area contributed by atoms with Crippen molar-refractivity contribution < 1.29 is 9.59 Å². The first-order valence-corrected chi connectivity index (χ1v) is 7.51. The fourth-order valence-electron chi connectivity index (χ4n) is 3.60. The van der Waals surface area contributed by atoms with Gasteiger partial charge in [-0.25, -0.2) is 0 Å². The Balaban J connectivity index is 2.09. The van der Waals surface area contributed by atoms with Gasteiger partial charge in [0.1, 0.15) is 11.2 Å². The second-order valence-electron chi connectivity index (χ2n) is 6.26.